The van der Waals surface area contributed by atoms with E-state index in [9.17, 15) is 4.79 Å². The van der Waals surface area contributed by atoms with E-state index in [2.05, 4.69) is 52.1 Å². The molecule has 1 heterocycles. The third-order valence-electron chi connectivity index (χ3n) is 3.20. The quantitative estimate of drug-likeness (QED) is 0.772. The Hall–Kier alpha value is -1.81. The Labute approximate surface area is 119 Å². The van der Waals surface area contributed by atoms with Gasteiger partial charge >= 0.3 is 5.69 Å². The monoisotopic (exact) mass is 316 g/mol. The molecular weight excluding hydrogens is 304 g/mol. The van der Waals surface area contributed by atoms with Gasteiger partial charge in [0, 0.05) is 4.47 Å². The van der Waals surface area contributed by atoms with Gasteiger partial charge in [-0.1, -0.05) is 35.9 Å². The molecule has 1 aromatic heterocycles. The highest BCUT2D eigenvalue weighted by Gasteiger charge is 2.09. The predicted molar refractivity (Wildman–Crippen MR) is 80.5 cm³/mol. The fourth-order valence-corrected chi connectivity index (χ4v) is 2.78. The molecule has 0 unspecified atom stereocenters. The number of fused-ring (bicyclic) bond motifs is 1. The van der Waals surface area contributed by atoms with Crippen molar-refractivity contribution >= 4 is 27.0 Å². The lowest BCUT2D eigenvalue weighted by molar-refractivity contribution is 0.785. The molecule has 0 radical (unpaired) electrons. The Kier molecular flexibility index (Phi) is 3.03. The first-order valence-corrected chi connectivity index (χ1v) is 6.87. The molecule has 0 amide bonds. The minimum Gasteiger partial charge on any atom is -0.305 e. The number of H-pyrrole nitrogens is 1. The Morgan fingerprint density at radius 1 is 1.16 bits per heavy atom. The number of nitrogens with one attached hydrogen (secondary N) is 1. The van der Waals surface area contributed by atoms with Crippen LogP contribution in [0.1, 0.15) is 11.1 Å². The second kappa shape index (κ2) is 4.70. The summed E-state index contributed by atoms with van der Waals surface area (Å²) >= 11 is 3.51. The van der Waals surface area contributed by atoms with Crippen LogP contribution in [-0.4, -0.2) is 9.55 Å². The van der Waals surface area contributed by atoms with Gasteiger partial charge < -0.3 is 4.98 Å². The third kappa shape index (κ3) is 2.24. The summed E-state index contributed by atoms with van der Waals surface area (Å²) in [5, 5.41) is 0. The standard InChI is InChI=1S/C15H13BrN2O/c1-10-5-7-11(8-6-10)9-18-14-12(16)3-2-4-13(14)17-15(18)19/h2-8H,9H2,1H3,(H,17,19). The summed E-state index contributed by atoms with van der Waals surface area (Å²) in [4.78, 5) is 14.9. The summed E-state index contributed by atoms with van der Waals surface area (Å²) in [6, 6.07) is 14.0. The maximum atomic E-state index is 12.0. The summed E-state index contributed by atoms with van der Waals surface area (Å²) in [5.74, 6) is 0. The molecule has 0 spiro atoms. The molecule has 4 heteroatoms. The van der Waals surface area contributed by atoms with Crippen molar-refractivity contribution in [2.24, 2.45) is 0 Å². The Morgan fingerprint density at radius 2 is 1.89 bits per heavy atom. The second-order valence-corrected chi connectivity index (χ2v) is 5.49. The van der Waals surface area contributed by atoms with Gasteiger partial charge in [-0.15, -0.1) is 0 Å². The first kappa shape index (κ1) is 12.2. The van der Waals surface area contributed by atoms with Gasteiger partial charge in [-0.05, 0) is 40.5 Å². The average Bonchev–Trinajstić information content (AvgIpc) is 2.70. The van der Waals surface area contributed by atoms with Crippen molar-refractivity contribution in [2.45, 2.75) is 13.5 Å². The smallest absolute Gasteiger partial charge is 0.305 e. The van der Waals surface area contributed by atoms with E-state index >= 15 is 0 Å². The van der Waals surface area contributed by atoms with Crippen molar-refractivity contribution in [3.8, 4) is 0 Å². The Morgan fingerprint density at radius 3 is 2.63 bits per heavy atom. The van der Waals surface area contributed by atoms with Crippen LogP contribution in [0.4, 0.5) is 0 Å². The van der Waals surface area contributed by atoms with Gasteiger partial charge in [-0.3, -0.25) is 4.57 Å². The zero-order valence-corrected chi connectivity index (χ0v) is 12.1. The summed E-state index contributed by atoms with van der Waals surface area (Å²) in [7, 11) is 0. The van der Waals surface area contributed by atoms with E-state index in [0.717, 1.165) is 21.1 Å². The zero-order valence-electron chi connectivity index (χ0n) is 10.5. The number of nitrogens with zero attached hydrogens (tertiary/aromatic N) is 1. The Balaban J connectivity index is 2.12. The molecule has 3 rings (SSSR count). The van der Waals surface area contributed by atoms with Gasteiger partial charge in [0.2, 0.25) is 0 Å². The van der Waals surface area contributed by atoms with E-state index in [4.69, 9.17) is 0 Å². The van der Waals surface area contributed by atoms with E-state index in [1.165, 1.54) is 5.56 Å². The highest BCUT2D eigenvalue weighted by molar-refractivity contribution is 9.10. The molecule has 0 atom stereocenters. The number of para-hydroxylation sites is 1. The predicted octanol–water partition coefficient (Wildman–Crippen LogP) is 3.45. The highest BCUT2D eigenvalue weighted by atomic mass is 79.9. The fraction of sp³-hybridized carbons (Fsp3) is 0.133. The molecule has 0 bridgehead atoms. The van der Waals surface area contributed by atoms with E-state index < -0.39 is 0 Å². The number of aromatic nitrogens is 2. The van der Waals surface area contributed by atoms with E-state index in [1.54, 1.807) is 4.57 Å². The molecule has 3 aromatic rings. The van der Waals surface area contributed by atoms with Crippen molar-refractivity contribution < 1.29 is 0 Å². The number of rotatable bonds is 2. The molecule has 2 aromatic carbocycles. The van der Waals surface area contributed by atoms with Crippen LogP contribution in [-0.2, 0) is 6.54 Å². The topological polar surface area (TPSA) is 37.8 Å². The minimum absolute atomic E-state index is 0.0810. The molecule has 1 N–H and O–H groups in total. The summed E-state index contributed by atoms with van der Waals surface area (Å²) in [6.45, 7) is 2.62. The number of hydrogen-bond acceptors (Lipinski definition) is 1. The van der Waals surface area contributed by atoms with Crippen LogP contribution in [0.2, 0.25) is 0 Å². The summed E-state index contributed by atoms with van der Waals surface area (Å²) in [5.41, 5.74) is 4.02. The van der Waals surface area contributed by atoms with Gasteiger partial charge in [-0.25, -0.2) is 4.79 Å². The van der Waals surface area contributed by atoms with Crippen molar-refractivity contribution in [1.82, 2.24) is 9.55 Å². The largest absolute Gasteiger partial charge is 0.326 e. The maximum Gasteiger partial charge on any atom is 0.326 e. The van der Waals surface area contributed by atoms with Crippen LogP contribution in [0.15, 0.2) is 51.7 Å². The van der Waals surface area contributed by atoms with Crippen molar-refractivity contribution in [1.29, 1.82) is 0 Å². The van der Waals surface area contributed by atoms with Crippen LogP contribution < -0.4 is 5.69 Å². The lowest BCUT2D eigenvalue weighted by atomic mass is 10.1. The summed E-state index contributed by atoms with van der Waals surface area (Å²) < 4.78 is 2.68. The zero-order chi connectivity index (χ0) is 13.4. The Bertz CT molecular complexity index is 784. The highest BCUT2D eigenvalue weighted by Crippen LogP contribution is 2.22. The van der Waals surface area contributed by atoms with Crippen LogP contribution in [0, 0.1) is 6.92 Å². The molecule has 0 aliphatic rings. The average molecular weight is 317 g/mol. The van der Waals surface area contributed by atoms with Crippen molar-refractivity contribution in [2.75, 3.05) is 0 Å². The van der Waals surface area contributed by atoms with Gasteiger partial charge in [0.15, 0.2) is 0 Å². The first-order valence-electron chi connectivity index (χ1n) is 6.08. The molecule has 0 saturated carbocycles. The number of imidazole rings is 1. The number of aromatic amines is 1. The van der Waals surface area contributed by atoms with Crippen LogP contribution in [0.3, 0.4) is 0 Å². The number of hydrogen-bond donors (Lipinski definition) is 1. The van der Waals surface area contributed by atoms with Gasteiger partial charge in [0.1, 0.15) is 0 Å². The molecule has 0 fully saturated rings. The van der Waals surface area contributed by atoms with Crippen molar-refractivity contribution in [3.63, 3.8) is 0 Å². The number of aryl methyl sites for hydroxylation is 1. The SMILES string of the molecule is Cc1ccc(Cn2c(=O)[nH]c3cccc(Br)c32)cc1. The first-order chi connectivity index (χ1) is 9.15. The minimum atomic E-state index is -0.0810. The van der Waals surface area contributed by atoms with E-state index in [1.807, 2.05) is 18.2 Å². The van der Waals surface area contributed by atoms with Crippen LogP contribution in [0.25, 0.3) is 11.0 Å². The molecule has 0 aliphatic carbocycles. The molecule has 0 saturated heterocycles. The molecular formula is C15H13BrN2O. The molecule has 19 heavy (non-hydrogen) atoms. The fourth-order valence-electron chi connectivity index (χ4n) is 2.20. The van der Waals surface area contributed by atoms with Crippen molar-refractivity contribution in [3.05, 3.63) is 68.5 Å². The van der Waals surface area contributed by atoms with Gasteiger partial charge in [-0.2, -0.15) is 0 Å². The van der Waals surface area contributed by atoms with Gasteiger partial charge in [0.25, 0.3) is 0 Å². The lowest BCUT2D eigenvalue weighted by Gasteiger charge is -2.05. The molecule has 0 aliphatic heterocycles. The lowest BCUT2D eigenvalue weighted by Crippen LogP contribution is -2.17. The van der Waals surface area contributed by atoms with E-state index in [-0.39, 0.29) is 5.69 Å². The second-order valence-electron chi connectivity index (χ2n) is 4.64. The van der Waals surface area contributed by atoms with Gasteiger partial charge in [0.05, 0.1) is 17.6 Å². The molecule has 3 nitrogen and oxygen atoms in total. The molecule has 96 valence electrons. The number of halogens is 1. The third-order valence-corrected chi connectivity index (χ3v) is 3.84. The summed E-state index contributed by atoms with van der Waals surface area (Å²) in [6.07, 6.45) is 0. The van der Waals surface area contributed by atoms with E-state index in [0.29, 0.717) is 6.54 Å². The normalized spacial score (nSPS) is 11.1. The maximum absolute atomic E-state index is 12.0. The van der Waals surface area contributed by atoms with Crippen LogP contribution >= 0.6 is 15.9 Å². The number of benzene rings is 2. The van der Waals surface area contributed by atoms with Crippen LogP contribution in [0.5, 0.6) is 0 Å².